The molecule has 0 heterocycles. The lowest BCUT2D eigenvalue weighted by Gasteiger charge is -2.23. The van der Waals surface area contributed by atoms with Gasteiger partial charge < -0.3 is 14.4 Å². The third kappa shape index (κ3) is 4.78. The van der Waals surface area contributed by atoms with Gasteiger partial charge in [-0.15, -0.1) is 0 Å². The van der Waals surface area contributed by atoms with E-state index < -0.39 is 12.1 Å². The van der Waals surface area contributed by atoms with Crippen molar-refractivity contribution in [2.24, 2.45) is 0 Å². The Balaban J connectivity index is 4.37. The Kier molecular flexibility index (Phi) is 6.70. The van der Waals surface area contributed by atoms with Crippen LogP contribution in [0.15, 0.2) is 0 Å². The summed E-state index contributed by atoms with van der Waals surface area (Å²) in [4.78, 5) is 24.2. The minimum absolute atomic E-state index is 0.0170. The molecule has 88 valence electrons. The van der Waals surface area contributed by atoms with Gasteiger partial charge in [0.15, 0.2) is 0 Å². The highest BCUT2D eigenvalue weighted by atomic mass is 16.5. The van der Waals surface area contributed by atoms with E-state index in [9.17, 15) is 9.59 Å². The number of carbonyl (C=O) groups is 2. The lowest BCUT2D eigenvalue weighted by molar-refractivity contribution is -0.150. The molecule has 1 atom stereocenters. The van der Waals surface area contributed by atoms with Crippen LogP contribution in [-0.4, -0.2) is 50.2 Å². The normalized spacial score (nSPS) is 12.0. The molecule has 0 radical (unpaired) electrons. The van der Waals surface area contributed by atoms with E-state index in [1.807, 2.05) is 6.92 Å². The summed E-state index contributed by atoms with van der Waals surface area (Å²) in [6.07, 6.45) is 0.264. The van der Waals surface area contributed by atoms with Crippen LogP contribution in [0.5, 0.6) is 0 Å². The zero-order valence-corrected chi connectivity index (χ0v) is 9.78. The predicted molar refractivity (Wildman–Crippen MR) is 55.4 cm³/mol. The number of hydrogen-bond donors (Lipinski definition) is 0. The van der Waals surface area contributed by atoms with Crippen molar-refractivity contribution in [1.82, 2.24) is 4.90 Å². The molecule has 0 spiro atoms. The largest absolute Gasteiger partial charge is 0.468 e. The highest BCUT2D eigenvalue weighted by molar-refractivity contribution is 5.84. The zero-order chi connectivity index (χ0) is 11.8. The molecule has 5 nitrogen and oxygen atoms in total. The van der Waals surface area contributed by atoms with Gasteiger partial charge >= 0.3 is 5.97 Å². The average molecular weight is 217 g/mol. The summed E-state index contributed by atoms with van der Waals surface area (Å²) in [5, 5.41) is 0. The average Bonchev–Trinajstić information content (AvgIpc) is 2.26. The van der Waals surface area contributed by atoms with Gasteiger partial charge in [-0.05, 0) is 13.3 Å². The minimum Gasteiger partial charge on any atom is -0.468 e. The van der Waals surface area contributed by atoms with Crippen molar-refractivity contribution < 1.29 is 19.1 Å². The third-order valence-corrected chi connectivity index (χ3v) is 2.05. The molecule has 0 aliphatic carbocycles. The molecule has 0 bridgehead atoms. The van der Waals surface area contributed by atoms with Gasteiger partial charge in [-0.25, -0.2) is 0 Å². The molecule has 0 saturated carbocycles. The fraction of sp³-hybridized carbons (Fsp3) is 0.800. The van der Waals surface area contributed by atoms with Crippen molar-refractivity contribution in [2.45, 2.75) is 26.4 Å². The second-order valence-corrected chi connectivity index (χ2v) is 3.21. The molecule has 0 aromatic heterocycles. The molecule has 0 fully saturated rings. The first-order valence-corrected chi connectivity index (χ1v) is 4.95. The standard InChI is InChI=1S/C10H19NO4/c1-5-6-11(7-9(12)15-4)10(13)8(2)14-3/h8H,5-7H2,1-4H3. The number of amides is 1. The van der Waals surface area contributed by atoms with E-state index >= 15 is 0 Å². The molecule has 0 aromatic rings. The summed E-state index contributed by atoms with van der Waals surface area (Å²) < 4.78 is 9.43. The number of ether oxygens (including phenoxy) is 2. The van der Waals surface area contributed by atoms with Crippen molar-refractivity contribution in [3.05, 3.63) is 0 Å². The number of nitrogens with zero attached hydrogens (tertiary/aromatic N) is 1. The van der Waals surface area contributed by atoms with Gasteiger partial charge in [0.05, 0.1) is 7.11 Å². The van der Waals surface area contributed by atoms with Crippen LogP contribution in [-0.2, 0) is 19.1 Å². The van der Waals surface area contributed by atoms with E-state index in [0.29, 0.717) is 6.54 Å². The quantitative estimate of drug-likeness (QED) is 0.605. The van der Waals surface area contributed by atoms with Crippen LogP contribution < -0.4 is 0 Å². The highest BCUT2D eigenvalue weighted by Gasteiger charge is 2.21. The topological polar surface area (TPSA) is 55.8 Å². The van der Waals surface area contributed by atoms with E-state index in [1.165, 1.54) is 19.1 Å². The molecule has 0 aromatic carbocycles. The molecule has 0 saturated heterocycles. The Morgan fingerprint density at radius 1 is 1.33 bits per heavy atom. The molecular formula is C10H19NO4. The first-order chi connectivity index (χ1) is 7.06. The lowest BCUT2D eigenvalue weighted by atomic mass is 10.3. The van der Waals surface area contributed by atoms with Crippen LogP contribution in [0.2, 0.25) is 0 Å². The van der Waals surface area contributed by atoms with Crippen LogP contribution in [0.1, 0.15) is 20.3 Å². The zero-order valence-electron chi connectivity index (χ0n) is 9.78. The van der Waals surface area contributed by atoms with Crippen LogP contribution in [0.4, 0.5) is 0 Å². The second-order valence-electron chi connectivity index (χ2n) is 3.21. The smallest absolute Gasteiger partial charge is 0.325 e. The lowest BCUT2D eigenvalue weighted by Crippen LogP contribution is -2.42. The SMILES string of the molecule is CCCN(CC(=O)OC)C(=O)C(C)OC. The molecule has 1 amide bonds. The van der Waals surface area contributed by atoms with Crippen molar-refractivity contribution in [3.8, 4) is 0 Å². The van der Waals surface area contributed by atoms with E-state index in [2.05, 4.69) is 4.74 Å². The van der Waals surface area contributed by atoms with Crippen molar-refractivity contribution >= 4 is 11.9 Å². The van der Waals surface area contributed by atoms with Gasteiger partial charge in [-0.1, -0.05) is 6.92 Å². The Bertz CT molecular complexity index is 217. The summed E-state index contributed by atoms with van der Waals surface area (Å²) in [6, 6.07) is 0. The third-order valence-electron chi connectivity index (χ3n) is 2.05. The summed E-state index contributed by atoms with van der Waals surface area (Å²) in [5.41, 5.74) is 0. The van der Waals surface area contributed by atoms with Gasteiger partial charge in [0.25, 0.3) is 5.91 Å². The Morgan fingerprint density at radius 3 is 2.33 bits per heavy atom. The van der Waals surface area contributed by atoms with Gasteiger partial charge in [0.2, 0.25) is 0 Å². The van der Waals surface area contributed by atoms with Crippen LogP contribution >= 0.6 is 0 Å². The fourth-order valence-corrected chi connectivity index (χ4v) is 1.12. The molecule has 5 heteroatoms. The number of hydrogen-bond acceptors (Lipinski definition) is 4. The van der Waals surface area contributed by atoms with E-state index in [4.69, 9.17) is 4.74 Å². The van der Waals surface area contributed by atoms with Crippen LogP contribution in [0.25, 0.3) is 0 Å². The summed E-state index contributed by atoms with van der Waals surface area (Å²) in [7, 11) is 2.77. The van der Waals surface area contributed by atoms with Gasteiger partial charge in [-0.3, -0.25) is 9.59 Å². The number of carbonyl (C=O) groups excluding carboxylic acids is 2. The van der Waals surface area contributed by atoms with Gasteiger partial charge in [-0.2, -0.15) is 0 Å². The van der Waals surface area contributed by atoms with Crippen molar-refractivity contribution in [2.75, 3.05) is 27.3 Å². The maximum atomic E-state index is 11.7. The first kappa shape index (κ1) is 13.9. The van der Waals surface area contributed by atoms with Crippen LogP contribution in [0.3, 0.4) is 0 Å². The molecule has 0 aliphatic heterocycles. The maximum Gasteiger partial charge on any atom is 0.325 e. The molecule has 0 N–H and O–H groups in total. The van der Waals surface area contributed by atoms with E-state index in [-0.39, 0.29) is 12.5 Å². The molecule has 0 rings (SSSR count). The van der Waals surface area contributed by atoms with Gasteiger partial charge in [0.1, 0.15) is 12.6 Å². The second kappa shape index (κ2) is 7.23. The molecule has 0 aliphatic rings. The minimum atomic E-state index is -0.527. The first-order valence-electron chi connectivity index (χ1n) is 4.95. The molecule has 1 unspecified atom stereocenters. The van der Waals surface area contributed by atoms with Crippen molar-refractivity contribution in [3.63, 3.8) is 0 Å². The Morgan fingerprint density at radius 2 is 1.93 bits per heavy atom. The number of rotatable bonds is 6. The highest BCUT2D eigenvalue weighted by Crippen LogP contribution is 2.00. The molecule has 15 heavy (non-hydrogen) atoms. The Labute approximate surface area is 90.3 Å². The fourth-order valence-electron chi connectivity index (χ4n) is 1.12. The molecular weight excluding hydrogens is 198 g/mol. The Hall–Kier alpha value is -1.10. The predicted octanol–water partition coefficient (Wildman–Crippen LogP) is 0.433. The maximum absolute atomic E-state index is 11.7. The number of esters is 1. The summed E-state index contributed by atoms with van der Waals surface area (Å²) in [5.74, 6) is -0.607. The van der Waals surface area contributed by atoms with E-state index in [0.717, 1.165) is 6.42 Å². The number of methoxy groups -OCH3 is 2. The van der Waals surface area contributed by atoms with E-state index in [1.54, 1.807) is 6.92 Å². The summed E-state index contributed by atoms with van der Waals surface area (Å²) in [6.45, 7) is 4.11. The van der Waals surface area contributed by atoms with Crippen LogP contribution in [0, 0.1) is 0 Å². The van der Waals surface area contributed by atoms with Crippen molar-refractivity contribution in [1.29, 1.82) is 0 Å². The monoisotopic (exact) mass is 217 g/mol. The summed E-state index contributed by atoms with van der Waals surface area (Å²) >= 11 is 0. The van der Waals surface area contributed by atoms with Gasteiger partial charge in [0, 0.05) is 13.7 Å².